The minimum Gasteiger partial charge on any atom is -0.292 e. The van der Waals surface area contributed by atoms with Crippen molar-refractivity contribution in [2.75, 3.05) is 0 Å². The molecule has 1 rings (SSSR count). The number of carbonyl (C=O) groups is 1. The monoisotopic (exact) mass is 282 g/mol. The van der Waals surface area contributed by atoms with E-state index in [-0.39, 0.29) is 12.3 Å². The van der Waals surface area contributed by atoms with Crippen molar-refractivity contribution in [3.63, 3.8) is 0 Å². The van der Waals surface area contributed by atoms with E-state index in [0.29, 0.717) is 12.1 Å². The van der Waals surface area contributed by atoms with Gasteiger partial charge >= 0.3 is 0 Å². The molecule has 0 fully saturated rings. The third-order valence-corrected chi connectivity index (χ3v) is 2.68. The minimum atomic E-state index is -1.41. The van der Waals surface area contributed by atoms with E-state index in [2.05, 4.69) is 0 Å². The quantitative estimate of drug-likeness (QED) is 0.471. The van der Waals surface area contributed by atoms with Crippen LogP contribution in [0.15, 0.2) is 12.1 Å². The molecule has 0 aliphatic carbocycles. The van der Waals surface area contributed by atoms with Gasteiger partial charge < -0.3 is 0 Å². The lowest BCUT2D eigenvalue weighted by Gasteiger charge is -2.11. The van der Waals surface area contributed by atoms with E-state index in [0.717, 1.165) is 0 Å². The molecule has 0 bridgehead atoms. The molecule has 0 aromatic heterocycles. The number of nitriles is 1. The van der Waals surface area contributed by atoms with Crippen molar-refractivity contribution in [2.24, 2.45) is 11.8 Å². The summed E-state index contributed by atoms with van der Waals surface area (Å²) in [6.07, 6.45) is 0.186. The molecule has 0 aliphatic rings. The van der Waals surface area contributed by atoms with Gasteiger partial charge in [-0.3, -0.25) is 14.9 Å². The Kier molecular flexibility index (Phi) is 4.86. The van der Waals surface area contributed by atoms with Gasteiger partial charge in [0.25, 0.3) is 5.69 Å². The molecule has 0 aliphatic heterocycles. The first-order valence-electron chi connectivity index (χ1n) is 5.85. The van der Waals surface area contributed by atoms with Gasteiger partial charge in [-0.1, -0.05) is 13.8 Å². The van der Waals surface area contributed by atoms with Crippen molar-refractivity contribution in [1.82, 2.24) is 0 Å². The average molecular weight is 282 g/mol. The molecule has 20 heavy (non-hydrogen) atoms. The SMILES string of the molecule is CC(C)CC(C#N)C(=O)c1cc(F)c(F)cc1[N+](=O)[O-]. The van der Waals surface area contributed by atoms with E-state index in [4.69, 9.17) is 5.26 Å². The molecular formula is C13H12F2N2O3. The number of nitrogens with zero attached hydrogens (tertiary/aromatic N) is 2. The zero-order chi connectivity index (χ0) is 15.4. The number of halogens is 2. The van der Waals surface area contributed by atoms with Crippen molar-refractivity contribution in [3.05, 3.63) is 39.4 Å². The van der Waals surface area contributed by atoms with Gasteiger partial charge in [0, 0.05) is 0 Å². The summed E-state index contributed by atoms with van der Waals surface area (Å²) in [6, 6.07) is 2.57. The number of nitro groups is 1. The lowest BCUT2D eigenvalue weighted by molar-refractivity contribution is -0.385. The second-order valence-electron chi connectivity index (χ2n) is 4.72. The summed E-state index contributed by atoms with van der Waals surface area (Å²) in [5.74, 6) is -4.76. The smallest absolute Gasteiger partial charge is 0.283 e. The number of carbonyl (C=O) groups excluding carboxylic acids is 1. The molecule has 0 spiro atoms. The summed E-state index contributed by atoms with van der Waals surface area (Å²) < 4.78 is 26.2. The zero-order valence-corrected chi connectivity index (χ0v) is 10.9. The van der Waals surface area contributed by atoms with E-state index < -0.39 is 39.5 Å². The Bertz CT molecular complexity index is 594. The van der Waals surface area contributed by atoms with Crippen molar-refractivity contribution in [2.45, 2.75) is 20.3 Å². The molecule has 1 aromatic carbocycles. The van der Waals surface area contributed by atoms with Crippen molar-refractivity contribution >= 4 is 11.5 Å². The van der Waals surface area contributed by atoms with Crippen LogP contribution in [-0.2, 0) is 0 Å². The normalized spacial score (nSPS) is 12.0. The Morgan fingerprint density at radius 3 is 2.40 bits per heavy atom. The van der Waals surface area contributed by atoms with Crippen LogP contribution in [0.1, 0.15) is 30.6 Å². The Morgan fingerprint density at radius 1 is 1.40 bits per heavy atom. The average Bonchev–Trinajstić information content (AvgIpc) is 2.37. The molecule has 0 amide bonds. The number of rotatable bonds is 5. The lowest BCUT2D eigenvalue weighted by atomic mass is 9.90. The molecule has 106 valence electrons. The fraction of sp³-hybridized carbons (Fsp3) is 0.385. The van der Waals surface area contributed by atoms with Crippen LogP contribution in [-0.4, -0.2) is 10.7 Å². The fourth-order valence-electron chi connectivity index (χ4n) is 1.76. The summed E-state index contributed by atoms with van der Waals surface area (Å²) in [6.45, 7) is 3.55. The molecule has 1 atom stereocenters. The van der Waals surface area contributed by atoms with Gasteiger partial charge in [-0.15, -0.1) is 0 Å². The maximum atomic E-state index is 13.2. The second kappa shape index (κ2) is 6.19. The first kappa shape index (κ1) is 15.7. The van der Waals surface area contributed by atoms with Gasteiger partial charge in [0.1, 0.15) is 5.92 Å². The topological polar surface area (TPSA) is 84.0 Å². The van der Waals surface area contributed by atoms with Crippen molar-refractivity contribution < 1.29 is 18.5 Å². The minimum absolute atomic E-state index is 0.00736. The number of nitro benzene ring substituents is 1. The summed E-state index contributed by atoms with van der Waals surface area (Å²) >= 11 is 0. The Morgan fingerprint density at radius 2 is 1.95 bits per heavy atom. The van der Waals surface area contributed by atoms with Gasteiger partial charge in [0.15, 0.2) is 17.4 Å². The van der Waals surface area contributed by atoms with Crippen LogP contribution in [0.5, 0.6) is 0 Å². The maximum absolute atomic E-state index is 13.2. The molecular weight excluding hydrogens is 270 g/mol. The second-order valence-corrected chi connectivity index (χ2v) is 4.72. The highest BCUT2D eigenvalue weighted by Gasteiger charge is 2.29. The number of ketones is 1. The van der Waals surface area contributed by atoms with Gasteiger partial charge in [-0.05, 0) is 18.4 Å². The summed E-state index contributed by atoms with van der Waals surface area (Å²) in [7, 11) is 0. The van der Waals surface area contributed by atoms with Gasteiger partial charge in [0.2, 0.25) is 0 Å². The van der Waals surface area contributed by atoms with E-state index in [1.165, 1.54) is 0 Å². The third kappa shape index (κ3) is 3.35. The molecule has 0 radical (unpaired) electrons. The molecule has 5 nitrogen and oxygen atoms in total. The van der Waals surface area contributed by atoms with Crippen LogP contribution in [0.2, 0.25) is 0 Å². The highest BCUT2D eigenvalue weighted by Crippen LogP contribution is 2.26. The summed E-state index contributed by atoms with van der Waals surface area (Å²) in [5, 5.41) is 19.8. The highest BCUT2D eigenvalue weighted by molar-refractivity contribution is 6.02. The standard InChI is InChI=1S/C13H12F2N2O3/c1-7(2)3-8(6-16)13(18)9-4-10(14)11(15)5-12(9)17(19)20/h4-5,7-8H,3H2,1-2H3. The largest absolute Gasteiger partial charge is 0.292 e. The molecule has 1 unspecified atom stereocenters. The molecule has 0 saturated carbocycles. The maximum Gasteiger partial charge on any atom is 0.283 e. The van der Waals surface area contributed by atoms with Crippen LogP contribution >= 0.6 is 0 Å². The Hall–Kier alpha value is -2.36. The third-order valence-electron chi connectivity index (χ3n) is 2.68. The molecule has 0 heterocycles. The highest BCUT2D eigenvalue weighted by atomic mass is 19.2. The molecule has 0 N–H and O–H groups in total. The van der Waals surface area contributed by atoms with Crippen LogP contribution in [0.3, 0.4) is 0 Å². The van der Waals surface area contributed by atoms with E-state index >= 15 is 0 Å². The van der Waals surface area contributed by atoms with Gasteiger partial charge in [-0.25, -0.2) is 8.78 Å². The zero-order valence-electron chi connectivity index (χ0n) is 10.9. The number of Topliss-reactive ketones (excluding diaryl/α,β-unsaturated/α-hetero) is 1. The van der Waals surface area contributed by atoms with Gasteiger partial charge in [-0.2, -0.15) is 5.26 Å². The van der Waals surface area contributed by atoms with Crippen LogP contribution in [0, 0.1) is 44.9 Å². The van der Waals surface area contributed by atoms with E-state index in [9.17, 15) is 23.7 Å². The van der Waals surface area contributed by atoms with Crippen molar-refractivity contribution in [1.29, 1.82) is 5.26 Å². The number of benzene rings is 1. The predicted octanol–water partition coefficient (Wildman–Crippen LogP) is 3.24. The summed E-state index contributed by atoms with van der Waals surface area (Å²) in [5.41, 5.74) is -1.42. The van der Waals surface area contributed by atoms with Gasteiger partial charge in [0.05, 0.1) is 22.6 Å². The predicted molar refractivity (Wildman–Crippen MR) is 65.9 cm³/mol. The number of hydrogen-bond acceptors (Lipinski definition) is 4. The Labute approximate surface area is 114 Å². The molecule has 1 aromatic rings. The van der Waals surface area contributed by atoms with Crippen LogP contribution < -0.4 is 0 Å². The molecule has 7 heteroatoms. The number of hydrogen-bond donors (Lipinski definition) is 0. The molecule has 0 saturated heterocycles. The first-order chi connectivity index (χ1) is 9.27. The van der Waals surface area contributed by atoms with Crippen LogP contribution in [0.25, 0.3) is 0 Å². The summed E-state index contributed by atoms with van der Waals surface area (Å²) in [4.78, 5) is 21.9. The Balaban J connectivity index is 3.31. The van der Waals surface area contributed by atoms with Crippen LogP contribution in [0.4, 0.5) is 14.5 Å². The van der Waals surface area contributed by atoms with E-state index in [1.54, 1.807) is 19.9 Å². The lowest BCUT2D eigenvalue weighted by Crippen LogP contribution is -2.17. The fourth-order valence-corrected chi connectivity index (χ4v) is 1.76. The van der Waals surface area contributed by atoms with Crippen molar-refractivity contribution in [3.8, 4) is 6.07 Å². The first-order valence-corrected chi connectivity index (χ1v) is 5.85. The van der Waals surface area contributed by atoms with E-state index in [1.807, 2.05) is 0 Å².